The zero-order chi connectivity index (χ0) is 32.4. The van der Waals surface area contributed by atoms with Crippen molar-refractivity contribution in [3.05, 3.63) is 216 Å². The first-order valence-corrected chi connectivity index (χ1v) is 16.3. The van der Waals surface area contributed by atoms with Crippen LogP contribution in [0, 0.1) is 0 Å². The molecule has 0 N–H and O–H groups in total. The molecule has 0 atom stereocenters. The first kappa shape index (κ1) is 30.3. The van der Waals surface area contributed by atoms with E-state index < -0.39 is 0 Å². The fourth-order valence-electron chi connectivity index (χ4n) is 5.77. The molecule has 7 aromatic rings. The summed E-state index contributed by atoms with van der Waals surface area (Å²) in [5.41, 5.74) is 11.4. The van der Waals surface area contributed by atoms with Crippen LogP contribution in [0.15, 0.2) is 194 Å². The molecule has 48 heavy (non-hydrogen) atoms. The minimum Gasteiger partial charge on any atom is -0.311 e. The van der Waals surface area contributed by atoms with Gasteiger partial charge in [0.1, 0.15) is 0 Å². The van der Waals surface area contributed by atoms with Gasteiger partial charge in [0, 0.05) is 34.1 Å². The Morgan fingerprint density at radius 1 is 0.208 bits per heavy atom. The Hall–Kier alpha value is -6.38. The minimum atomic E-state index is 1.13. The molecule has 0 fully saturated rings. The van der Waals surface area contributed by atoms with E-state index in [9.17, 15) is 0 Å². The molecule has 2 nitrogen and oxygen atoms in total. The highest BCUT2D eigenvalue weighted by Gasteiger charge is 2.12. The van der Waals surface area contributed by atoms with E-state index in [1.165, 1.54) is 0 Å². The van der Waals surface area contributed by atoms with Crippen LogP contribution >= 0.6 is 0 Å². The Morgan fingerprint density at radius 3 is 0.625 bits per heavy atom. The number of para-hydroxylation sites is 4. The minimum absolute atomic E-state index is 1.13. The van der Waals surface area contributed by atoms with E-state index in [4.69, 9.17) is 0 Å². The van der Waals surface area contributed by atoms with Crippen LogP contribution in [0.25, 0.3) is 24.3 Å². The van der Waals surface area contributed by atoms with Gasteiger partial charge in [-0.3, -0.25) is 0 Å². The third kappa shape index (κ3) is 7.36. The highest BCUT2D eigenvalue weighted by molar-refractivity contribution is 5.80. The Morgan fingerprint density at radius 2 is 0.396 bits per heavy atom. The third-order valence-corrected chi connectivity index (χ3v) is 8.23. The lowest BCUT2D eigenvalue weighted by Gasteiger charge is -2.25. The van der Waals surface area contributed by atoms with Crippen molar-refractivity contribution in [1.82, 2.24) is 0 Å². The quantitative estimate of drug-likeness (QED) is 0.141. The molecule has 7 aromatic carbocycles. The molecule has 0 aliphatic heterocycles. The second-order valence-corrected chi connectivity index (χ2v) is 11.5. The van der Waals surface area contributed by atoms with Crippen LogP contribution in [0.4, 0.5) is 34.1 Å². The molecular formula is C46H36N2. The number of hydrogen-bond acceptors (Lipinski definition) is 2. The van der Waals surface area contributed by atoms with Gasteiger partial charge in [-0.25, -0.2) is 0 Å². The molecule has 230 valence electrons. The molecule has 0 unspecified atom stereocenters. The zero-order valence-corrected chi connectivity index (χ0v) is 26.7. The van der Waals surface area contributed by atoms with Gasteiger partial charge in [0.25, 0.3) is 0 Å². The van der Waals surface area contributed by atoms with E-state index in [0.29, 0.717) is 0 Å². The molecule has 0 amide bonds. The monoisotopic (exact) mass is 616 g/mol. The molecule has 0 radical (unpaired) electrons. The number of hydrogen-bond donors (Lipinski definition) is 0. The van der Waals surface area contributed by atoms with Crippen molar-refractivity contribution in [2.24, 2.45) is 0 Å². The lowest BCUT2D eigenvalue weighted by atomic mass is 10.1. The van der Waals surface area contributed by atoms with Crippen molar-refractivity contribution >= 4 is 58.4 Å². The fraction of sp³-hybridized carbons (Fsp3) is 0. The maximum Gasteiger partial charge on any atom is 0.0462 e. The molecule has 0 saturated heterocycles. The summed E-state index contributed by atoms with van der Waals surface area (Å²) < 4.78 is 0. The smallest absolute Gasteiger partial charge is 0.0462 e. The summed E-state index contributed by atoms with van der Waals surface area (Å²) in [6, 6.07) is 68.0. The number of rotatable bonds is 10. The van der Waals surface area contributed by atoms with Gasteiger partial charge in [0.2, 0.25) is 0 Å². The first-order valence-electron chi connectivity index (χ1n) is 16.3. The van der Waals surface area contributed by atoms with Crippen molar-refractivity contribution in [3.63, 3.8) is 0 Å². The molecule has 2 heteroatoms. The Labute approximate surface area is 283 Å². The van der Waals surface area contributed by atoms with Crippen molar-refractivity contribution < 1.29 is 0 Å². The van der Waals surface area contributed by atoms with Crippen LogP contribution in [-0.2, 0) is 0 Å². The Bertz CT molecular complexity index is 1830. The molecule has 0 spiro atoms. The SMILES string of the molecule is C(=C/c1ccc(N(c2ccccc2)c2ccccc2)cc1)/c1ccc(/C=C\c2ccc(N(c3ccccc3)c3ccccc3)cc2)cc1. The molecule has 0 bridgehead atoms. The molecule has 0 aliphatic rings. The average molecular weight is 617 g/mol. The molecule has 7 rings (SSSR count). The molecule has 0 aliphatic carbocycles. The van der Waals surface area contributed by atoms with Crippen molar-refractivity contribution in [3.8, 4) is 0 Å². The first-order chi connectivity index (χ1) is 23.8. The summed E-state index contributed by atoms with van der Waals surface area (Å²) in [6.45, 7) is 0. The predicted octanol–water partition coefficient (Wildman–Crippen LogP) is 13.0. The molecular weight excluding hydrogens is 581 g/mol. The van der Waals surface area contributed by atoms with Gasteiger partial charge in [0.05, 0.1) is 0 Å². The van der Waals surface area contributed by atoms with Crippen molar-refractivity contribution in [2.45, 2.75) is 0 Å². The summed E-state index contributed by atoms with van der Waals surface area (Å²) in [6.07, 6.45) is 8.66. The van der Waals surface area contributed by atoms with E-state index in [-0.39, 0.29) is 0 Å². The van der Waals surface area contributed by atoms with Crippen LogP contribution < -0.4 is 9.80 Å². The highest BCUT2D eigenvalue weighted by atomic mass is 15.1. The van der Waals surface area contributed by atoms with E-state index in [0.717, 1.165) is 56.4 Å². The Kier molecular flexibility index (Phi) is 9.34. The summed E-state index contributed by atoms with van der Waals surface area (Å²) in [4.78, 5) is 4.55. The van der Waals surface area contributed by atoms with Gasteiger partial charge >= 0.3 is 0 Å². The number of anilines is 6. The third-order valence-electron chi connectivity index (χ3n) is 8.23. The maximum atomic E-state index is 2.28. The summed E-state index contributed by atoms with van der Waals surface area (Å²) >= 11 is 0. The van der Waals surface area contributed by atoms with Crippen LogP contribution in [0.5, 0.6) is 0 Å². The lowest BCUT2D eigenvalue weighted by molar-refractivity contribution is 1.28. The topological polar surface area (TPSA) is 6.48 Å². The highest BCUT2D eigenvalue weighted by Crippen LogP contribution is 2.35. The second-order valence-electron chi connectivity index (χ2n) is 11.5. The standard InChI is InChI=1S/C46H36N2/c1-5-13-41(14-6-1)47(42-15-7-2-8-16-42)45-33-29-39(30-34-45)27-25-37-21-23-38(24-22-37)26-28-40-31-35-46(36-32-40)48(43-17-9-3-10-18-43)44-19-11-4-12-20-44/h1-36H/b27-25-,28-26-. The van der Waals surface area contributed by atoms with Crippen molar-refractivity contribution in [1.29, 1.82) is 0 Å². The maximum absolute atomic E-state index is 2.28. The normalized spacial score (nSPS) is 11.2. The van der Waals surface area contributed by atoms with E-state index in [2.05, 4.69) is 228 Å². The van der Waals surface area contributed by atoms with Gasteiger partial charge in [0.15, 0.2) is 0 Å². The number of benzene rings is 7. The molecule has 0 saturated carbocycles. The average Bonchev–Trinajstić information content (AvgIpc) is 3.17. The summed E-state index contributed by atoms with van der Waals surface area (Å²) in [5.74, 6) is 0. The Balaban J connectivity index is 1.01. The van der Waals surface area contributed by atoms with Gasteiger partial charge < -0.3 is 9.80 Å². The zero-order valence-electron chi connectivity index (χ0n) is 26.7. The lowest BCUT2D eigenvalue weighted by Crippen LogP contribution is -2.09. The fourth-order valence-corrected chi connectivity index (χ4v) is 5.77. The van der Waals surface area contributed by atoms with Gasteiger partial charge in [-0.1, -0.05) is 146 Å². The van der Waals surface area contributed by atoms with Crippen LogP contribution in [-0.4, -0.2) is 0 Å². The van der Waals surface area contributed by atoms with Crippen molar-refractivity contribution in [2.75, 3.05) is 9.80 Å². The van der Waals surface area contributed by atoms with E-state index in [1.807, 2.05) is 0 Å². The number of nitrogens with zero attached hydrogens (tertiary/aromatic N) is 2. The molecule has 0 heterocycles. The second kappa shape index (κ2) is 14.8. The van der Waals surface area contributed by atoms with E-state index >= 15 is 0 Å². The van der Waals surface area contributed by atoms with Gasteiger partial charge in [-0.2, -0.15) is 0 Å². The summed E-state index contributed by atoms with van der Waals surface area (Å²) in [5, 5.41) is 0. The predicted molar refractivity (Wildman–Crippen MR) is 207 cm³/mol. The van der Waals surface area contributed by atoms with Crippen LogP contribution in [0.2, 0.25) is 0 Å². The largest absolute Gasteiger partial charge is 0.311 e. The van der Waals surface area contributed by atoms with Gasteiger partial charge in [-0.15, -0.1) is 0 Å². The summed E-state index contributed by atoms with van der Waals surface area (Å²) in [7, 11) is 0. The van der Waals surface area contributed by atoms with Gasteiger partial charge in [-0.05, 0) is 95.1 Å². The molecule has 0 aromatic heterocycles. The van der Waals surface area contributed by atoms with Crippen LogP contribution in [0.3, 0.4) is 0 Å². The van der Waals surface area contributed by atoms with E-state index in [1.54, 1.807) is 0 Å². The van der Waals surface area contributed by atoms with Crippen LogP contribution in [0.1, 0.15) is 22.3 Å².